The predicted molar refractivity (Wildman–Crippen MR) is 101 cm³/mol. The minimum absolute atomic E-state index is 0.111. The fourth-order valence-electron chi connectivity index (χ4n) is 3.64. The van der Waals surface area contributed by atoms with Crippen molar-refractivity contribution in [1.82, 2.24) is 0 Å². The first-order chi connectivity index (χ1) is 11.4. The maximum atomic E-state index is 12.0. The maximum absolute atomic E-state index is 12.0. The third-order valence-electron chi connectivity index (χ3n) is 5.75. The Bertz CT molecular complexity index is 651. The van der Waals surface area contributed by atoms with Crippen molar-refractivity contribution in [3.05, 3.63) is 60.7 Å². The van der Waals surface area contributed by atoms with Crippen LogP contribution in [0, 0.1) is 5.41 Å². The zero-order valence-corrected chi connectivity index (χ0v) is 15.5. The van der Waals surface area contributed by atoms with Crippen LogP contribution in [0.3, 0.4) is 0 Å². The van der Waals surface area contributed by atoms with Gasteiger partial charge in [-0.3, -0.25) is 0 Å². The second-order valence-electron chi connectivity index (χ2n) is 7.81. The standard InChI is InChI=1S/C21H26O2Si/c1-20(2,13-14-21(17-22)15-16-21)24(23,18-9-5-3-6-10-18)19-11-7-4-8-12-19/h3-12,17,23H,13-16H2,1-2H3. The molecular formula is C21H26O2Si. The lowest BCUT2D eigenvalue weighted by Crippen LogP contribution is -2.65. The first kappa shape index (κ1) is 17.1. The summed E-state index contributed by atoms with van der Waals surface area (Å²) in [5.74, 6) is 0. The molecule has 0 atom stereocenters. The number of benzene rings is 2. The summed E-state index contributed by atoms with van der Waals surface area (Å²) in [4.78, 5) is 23.4. The van der Waals surface area contributed by atoms with Crippen LogP contribution in [0.1, 0.15) is 39.5 Å². The molecule has 0 bridgehead atoms. The molecule has 1 N–H and O–H groups in total. The van der Waals surface area contributed by atoms with Crippen molar-refractivity contribution in [2.45, 2.75) is 44.6 Å². The van der Waals surface area contributed by atoms with Crippen molar-refractivity contribution in [2.24, 2.45) is 5.41 Å². The normalized spacial score (nSPS) is 16.6. The van der Waals surface area contributed by atoms with Crippen LogP contribution in [0.15, 0.2) is 60.7 Å². The van der Waals surface area contributed by atoms with Crippen molar-refractivity contribution < 1.29 is 9.59 Å². The van der Waals surface area contributed by atoms with Crippen LogP contribution in [0.25, 0.3) is 0 Å². The Morgan fingerprint density at radius 2 is 1.46 bits per heavy atom. The van der Waals surface area contributed by atoms with Crippen molar-refractivity contribution in [2.75, 3.05) is 0 Å². The molecule has 1 aliphatic carbocycles. The number of rotatable bonds is 7. The van der Waals surface area contributed by atoms with Gasteiger partial charge in [-0.05, 0) is 41.1 Å². The van der Waals surface area contributed by atoms with E-state index in [1.165, 1.54) is 0 Å². The van der Waals surface area contributed by atoms with Gasteiger partial charge in [0.15, 0.2) is 0 Å². The van der Waals surface area contributed by atoms with Gasteiger partial charge < -0.3 is 9.59 Å². The van der Waals surface area contributed by atoms with Gasteiger partial charge in [-0.15, -0.1) is 0 Å². The molecule has 0 amide bonds. The van der Waals surface area contributed by atoms with E-state index in [4.69, 9.17) is 0 Å². The number of hydrogen-bond donors (Lipinski definition) is 1. The Kier molecular flexibility index (Phi) is 4.50. The van der Waals surface area contributed by atoms with Gasteiger partial charge in [-0.1, -0.05) is 74.5 Å². The first-order valence-corrected chi connectivity index (χ1v) is 10.7. The van der Waals surface area contributed by atoms with Crippen LogP contribution in [0.5, 0.6) is 0 Å². The van der Waals surface area contributed by atoms with Gasteiger partial charge in [0.05, 0.1) is 0 Å². The van der Waals surface area contributed by atoms with Crippen LogP contribution >= 0.6 is 0 Å². The molecule has 1 aliphatic rings. The van der Waals surface area contributed by atoms with E-state index in [0.29, 0.717) is 0 Å². The molecule has 0 saturated heterocycles. The molecule has 0 spiro atoms. The van der Waals surface area contributed by atoms with Gasteiger partial charge in [-0.25, -0.2) is 0 Å². The van der Waals surface area contributed by atoms with Gasteiger partial charge in [0.2, 0.25) is 0 Å². The van der Waals surface area contributed by atoms with Crippen LogP contribution in [-0.4, -0.2) is 19.4 Å². The van der Waals surface area contributed by atoms with Gasteiger partial charge >= 0.3 is 0 Å². The molecule has 3 rings (SSSR count). The van der Waals surface area contributed by atoms with E-state index < -0.39 is 8.32 Å². The zero-order valence-electron chi connectivity index (χ0n) is 14.5. The summed E-state index contributed by atoms with van der Waals surface area (Å²) in [6, 6.07) is 20.2. The SMILES string of the molecule is CC(C)(CCC1(C=O)CC1)[Si](O)(c1ccccc1)c1ccccc1. The van der Waals surface area contributed by atoms with Crippen molar-refractivity contribution >= 4 is 25.0 Å². The molecule has 0 radical (unpaired) electrons. The van der Waals surface area contributed by atoms with Crippen LogP contribution < -0.4 is 10.4 Å². The van der Waals surface area contributed by atoms with Gasteiger partial charge in [0, 0.05) is 5.41 Å². The first-order valence-electron chi connectivity index (χ1n) is 8.73. The Labute approximate surface area is 145 Å². The van der Waals surface area contributed by atoms with Crippen molar-refractivity contribution in [1.29, 1.82) is 0 Å². The molecule has 0 aliphatic heterocycles. The molecule has 2 nitrogen and oxygen atoms in total. The Morgan fingerprint density at radius 3 is 1.83 bits per heavy atom. The third kappa shape index (κ3) is 2.98. The highest BCUT2D eigenvalue weighted by Gasteiger charge is 2.52. The second kappa shape index (κ2) is 6.30. The largest absolute Gasteiger partial charge is 0.424 e. The molecule has 24 heavy (non-hydrogen) atoms. The summed E-state index contributed by atoms with van der Waals surface area (Å²) in [7, 11) is -2.93. The number of hydrogen-bond acceptors (Lipinski definition) is 2. The van der Waals surface area contributed by atoms with Gasteiger partial charge in [0.1, 0.15) is 6.29 Å². The fourth-order valence-corrected chi connectivity index (χ4v) is 7.37. The third-order valence-corrected chi connectivity index (χ3v) is 10.3. The molecule has 3 heteroatoms. The lowest BCUT2D eigenvalue weighted by Gasteiger charge is -2.41. The lowest BCUT2D eigenvalue weighted by molar-refractivity contribution is -0.112. The number of aldehydes is 1. The Balaban J connectivity index is 1.99. The van der Waals surface area contributed by atoms with E-state index in [0.717, 1.165) is 42.3 Å². The van der Waals surface area contributed by atoms with E-state index in [1.54, 1.807) is 0 Å². The number of carbonyl (C=O) groups is 1. The summed E-state index contributed by atoms with van der Waals surface area (Å²) in [6.07, 6.45) is 4.87. The van der Waals surface area contributed by atoms with Gasteiger partial charge in [0.25, 0.3) is 8.32 Å². The van der Waals surface area contributed by atoms with Crippen LogP contribution in [-0.2, 0) is 4.79 Å². The Hall–Kier alpha value is -1.71. The molecule has 0 heterocycles. The molecule has 2 aromatic carbocycles. The average molecular weight is 339 g/mol. The fraction of sp³-hybridized carbons (Fsp3) is 0.381. The molecular weight excluding hydrogens is 312 g/mol. The monoisotopic (exact) mass is 338 g/mol. The highest BCUT2D eigenvalue weighted by Crippen LogP contribution is 2.52. The van der Waals surface area contributed by atoms with E-state index in [2.05, 4.69) is 13.8 Å². The quantitative estimate of drug-likeness (QED) is 0.621. The molecule has 2 aromatic rings. The minimum atomic E-state index is -2.93. The summed E-state index contributed by atoms with van der Waals surface area (Å²) in [6.45, 7) is 4.33. The van der Waals surface area contributed by atoms with E-state index in [9.17, 15) is 9.59 Å². The smallest absolute Gasteiger partial charge is 0.258 e. The average Bonchev–Trinajstić information content (AvgIpc) is 3.41. The summed E-state index contributed by atoms with van der Waals surface area (Å²) in [5, 5.41) is 1.82. The topological polar surface area (TPSA) is 37.3 Å². The zero-order chi connectivity index (χ0) is 17.3. The molecule has 0 unspecified atom stereocenters. The molecule has 1 saturated carbocycles. The maximum Gasteiger partial charge on any atom is 0.258 e. The van der Waals surface area contributed by atoms with Crippen LogP contribution in [0.4, 0.5) is 0 Å². The molecule has 0 aromatic heterocycles. The van der Waals surface area contributed by atoms with E-state index in [-0.39, 0.29) is 10.5 Å². The van der Waals surface area contributed by atoms with E-state index >= 15 is 0 Å². The second-order valence-corrected chi connectivity index (χ2v) is 11.7. The summed E-state index contributed by atoms with van der Waals surface area (Å²) in [5.41, 5.74) is -0.111. The van der Waals surface area contributed by atoms with Gasteiger partial charge in [-0.2, -0.15) is 0 Å². The number of carbonyl (C=O) groups excluding carboxylic acids is 1. The molecule has 1 fully saturated rings. The van der Waals surface area contributed by atoms with Crippen LogP contribution in [0.2, 0.25) is 5.04 Å². The lowest BCUT2D eigenvalue weighted by atomic mass is 9.96. The predicted octanol–water partition coefficient (Wildman–Crippen LogP) is 3.28. The molecule has 126 valence electrons. The minimum Gasteiger partial charge on any atom is -0.424 e. The van der Waals surface area contributed by atoms with Crippen molar-refractivity contribution in [3.8, 4) is 0 Å². The highest BCUT2D eigenvalue weighted by atomic mass is 28.4. The van der Waals surface area contributed by atoms with E-state index in [1.807, 2.05) is 60.7 Å². The summed E-state index contributed by atoms with van der Waals surface area (Å²) < 4.78 is 0. The van der Waals surface area contributed by atoms with Crippen molar-refractivity contribution in [3.63, 3.8) is 0 Å². The Morgan fingerprint density at radius 1 is 1.00 bits per heavy atom. The highest BCUT2D eigenvalue weighted by molar-refractivity contribution is 6.98. The summed E-state index contributed by atoms with van der Waals surface area (Å²) >= 11 is 0.